The summed E-state index contributed by atoms with van der Waals surface area (Å²) < 4.78 is 0. The van der Waals surface area contributed by atoms with Crippen molar-refractivity contribution in [2.45, 2.75) is 50.2 Å². The number of fused-ring (bicyclic) bond motifs is 2. The van der Waals surface area contributed by atoms with Crippen LogP contribution in [0.5, 0.6) is 0 Å². The lowest BCUT2D eigenvalue weighted by Gasteiger charge is -2.21. The third-order valence-electron chi connectivity index (χ3n) is 4.73. The Morgan fingerprint density at radius 2 is 2.22 bits per heavy atom. The number of carbonyl (C=O) groups excluding carboxylic acids is 1. The van der Waals surface area contributed by atoms with Gasteiger partial charge in [0.05, 0.1) is 10.3 Å². The zero-order valence-electron chi connectivity index (χ0n) is 10.7. The zero-order valence-corrected chi connectivity index (χ0v) is 11.5. The fourth-order valence-electron chi connectivity index (χ4n) is 3.84. The van der Waals surface area contributed by atoms with Crippen LogP contribution in [0.25, 0.3) is 0 Å². The third kappa shape index (κ3) is 2.50. The van der Waals surface area contributed by atoms with E-state index >= 15 is 0 Å². The second-order valence-electron chi connectivity index (χ2n) is 5.96. The minimum atomic E-state index is -0.00857. The molecule has 3 nitrogen and oxygen atoms in total. The van der Waals surface area contributed by atoms with Gasteiger partial charge in [0, 0.05) is 6.61 Å². The van der Waals surface area contributed by atoms with E-state index in [1.165, 1.54) is 25.7 Å². The van der Waals surface area contributed by atoms with Gasteiger partial charge in [-0.15, -0.1) is 0 Å². The average molecular weight is 267 g/mol. The first kappa shape index (κ1) is 12.7. The topological polar surface area (TPSA) is 49.7 Å². The van der Waals surface area contributed by atoms with E-state index in [0.29, 0.717) is 6.42 Å². The molecule has 18 heavy (non-hydrogen) atoms. The number of hydrogen-bond donors (Lipinski definition) is 1. The van der Waals surface area contributed by atoms with Gasteiger partial charge in [-0.3, -0.25) is 4.79 Å². The molecule has 0 saturated heterocycles. The summed E-state index contributed by atoms with van der Waals surface area (Å²) in [6, 6.07) is 0. The van der Waals surface area contributed by atoms with Gasteiger partial charge in [-0.05, 0) is 56.3 Å². The number of hydrogen-bond acceptors (Lipinski definition) is 3. The molecule has 2 bridgehead atoms. The van der Waals surface area contributed by atoms with Gasteiger partial charge in [-0.1, -0.05) is 18.2 Å². The highest BCUT2D eigenvalue weighted by Gasteiger charge is 2.41. The summed E-state index contributed by atoms with van der Waals surface area (Å²) in [5.41, 5.74) is 0. The van der Waals surface area contributed by atoms with Crippen LogP contribution in [0.2, 0.25) is 0 Å². The highest BCUT2D eigenvalue weighted by atomic mass is 32.2. The molecule has 100 valence electrons. The Hall–Kier alpha value is -0.350. The zero-order chi connectivity index (χ0) is 12.5. The minimum Gasteiger partial charge on any atom is -0.396 e. The lowest BCUT2D eigenvalue weighted by molar-refractivity contribution is -0.117. The molecule has 4 unspecified atom stereocenters. The van der Waals surface area contributed by atoms with Crippen LogP contribution < -0.4 is 0 Å². The van der Waals surface area contributed by atoms with Crippen LogP contribution in [-0.4, -0.2) is 27.9 Å². The fraction of sp³-hybridized carbons (Fsp3) is 0.857. The van der Waals surface area contributed by atoms with Gasteiger partial charge in [-0.2, -0.15) is 0 Å². The monoisotopic (exact) mass is 267 g/mol. The second-order valence-corrected chi connectivity index (χ2v) is 7.23. The molecule has 3 rings (SSSR count). The Labute approximate surface area is 112 Å². The first-order chi connectivity index (χ1) is 8.76. The molecule has 2 saturated carbocycles. The van der Waals surface area contributed by atoms with Crippen molar-refractivity contribution in [1.29, 1.82) is 0 Å². The molecule has 1 heterocycles. The summed E-state index contributed by atoms with van der Waals surface area (Å²) in [6.45, 7) is 0.173. The van der Waals surface area contributed by atoms with Gasteiger partial charge < -0.3 is 5.11 Å². The van der Waals surface area contributed by atoms with Crippen LogP contribution in [0.1, 0.15) is 44.9 Å². The quantitative estimate of drug-likeness (QED) is 0.833. The van der Waals surface area contributed by atoms with E-state index in [9.17, 15) is 4.79 Å². The number of rotatable bonds is 5. The van der Waals surface area contributed by atoms with Crippen molar-refractivity contribution in [3.8, 4) is 0 Å². The summed E-state index contributed by atoms with van der Waals surface area (Å²) in [7, 11) is 0. The average Bonchev–Trinajstić information content (AvgIpc) is 3.03. The molecule has 0 spiro atoms. The summed E-state index contributed by atoms with van der Waals surface area (Å²) >= 11 is 1.66. The van der Waals surface area contributed by atoms with Crippen molar-refractivity contribution >= 4 is 22.7 Å². The molecular formula is C14H21NO2S. The first-order valence-electron chi connectivity index (χ1n) is 7.15. The Balaban J connectivity index is 1.52. The molecule has 1 amide bonds. The number of thioether (sulfide) groups is 1. The largest absolute Gasteiger partial charge is 0.396 e. The van der Waals surface area contributed by atoms with E-state index in [2.05, 4.69) is 4.99 Å². The normalized spacial score (nSPS) is 38.5. The summed E-state index contributed by atoms with van der Waals surface area (Å²) in [6.07, 6.45) is 8.12. The summed E-state index contributed by atoms with van der Waals surface area (Å²) in [5, 5.41) is 9.88. The number of nitrogens with zero attached hydrogens (tertiary/aromatic N) is 1. The molecule has 0 aromatic carbocycles. The molecule has 1 aliphatic heterocycles. The molecule has 0 aromatic heterocycles. The maximum absolute atomic E-state index is 11.7. The van der Waals surface area contributed by atoms with Crippen molar-refractivity contribution in [2.75, 3.05) is 6.61 Å². The SMILES string of the molecule is O=C1N=C(CC2CC3CCC2C3)SC1CCCO. The van der Waals surface area contributed by atoms with Crippen molar-refractivity contribution in [1.82, 2.24) is 0 Å². The van der Waals surface area contributed by atoms with Crippen molar-refractivity contribution in [3.05, 3.63) is 0 Å². The molecule has 0 aromatic rings. The molecule has 1 N–H and O–H groups in total. The number of aliphatic hydroxyl groups excluding tert-OH is 1. The van der Waals surface area contributed by atoms with E-state index in [1.54, 1.807) is 11.8 Å². The number of amides is 1. The Morgan fingerprint density at radius 3 is 2.89 bits per heavy atom. The Morgan fingerprint density at radius 1 is 1.33 bits per heavy atom. The predicted octanol–water partition coefficient (Wildman–Crippen LogP) is 2.63. The molecule has 4 atom stereocenters. The molecule has 2 aliphatic carbocycles. The van der Waals surface area contributed by atoms with E-state index in [-0.39, 0.29) is 17.8 Å². The maximum Gasteiger partial charge on any atom is 0.259 e. The fourth-order valence-corrected chi connectivity index (χ4v) is 5.06. The number of aliphatic imine (C=N–C) groups is 1. The second kappa shape index (κ2) is 5.33. The van der Waals surface area contributed by atoms with Gasteiger partial charge in [0.15, 0.2) is 0 Å². The predicted molar refractivity (Wildman–Crippen MR) is 73.7 cm³/mol. The first-order valence-corrected chi connectivity index (χ1v) is 8.03. The lowest BCUT2D eigenvalue weighted by Crippen LogP contribution is -2.13. The Bertz CT molecular complexity index is 369. The van der Waals surface area contributed by atoms with E-state index < -0.39 is 0 Å². The van der Waals surface area contributed by atoms with Crippen LogP contribution >= 0.6 is 11.8 Å². The summed E-state index contributed by atoms with van der Waals surface area (Å²) in [4.78, 5) is 16.0. The summed E-state index contributed by atoms with van der Waals surface area (Å²) in [5.74, 6) is 2.70. The number of aliphatic hydroxyl groups is 1. The van der Waals surface area contributed by atoms with Crippen molar-refractivity contribution < 1.29 is 9.90 Å². The molecule has 4 heteroatoms. The highest BCUT2D eigenvalue weighted by Crippen LogP contribution is 2.50. The lowest BCUT2D eigenvalue weighted by atomic mass is 9.87. The maximum atomic E-state index is 11.7. The van der Waals surface area contributed by atoms with Gasteiger partial charge in [0.2, 0.25) is 0 Å². The highest BCUT2D eigenvalue weighted by molar-refractivity contribution is 8.15. The molecule has 2 fully saturated rings. The molecule has 0 radical (unpaired) electrons. The third-order valence-corrected chi connectivity index (χ3v) is 5.99. The van der Waals surface area contributed by atoms with Crippen molar-refractivity contribution in [3.63, 3.8) is 0 Å². The van der Waals surface area contributed by atoms with Gasteiger partial charge in [0.1, 0.15) is 0 Å². The molecular weight excluding hydrogens is 246 g/mol. The van der Waals surface area contributed by atoms with Crippen LogP contribution in [0.4, 0.5) is 0 Å². The standard InChI is InChI=1S/C14H21NO2S/c16-5-1-2-12-14(17)15-13(18-12)8-11-7-9-3-4-10(11)6-9/h9-12,16H,1-8H2. The van der Waals surface area contributed by atoms with Gasteiger partial charge in [0.25, 0.3) is 5.91 Å². The van der Waals surface area contributed by atoms with Gasteiger partial charge in [-0.25, -0.2) is 4.99 Å². The van der Waals surface area contributed by atoms with Gasteiger partial charge >= 0.3 is 0 Å². The van der Waals surface area contributed by atoms with Crippen LogP contribution in [0.15, 0.2) is 4.99 Å². The number of carbonyl (C=O) groups is 1. The van der Waals surface area contributed by atoms with Crippen LogP contribution in [0, 0.1) is 17.8 Å². The van der Waals surface area contributed by atoms with E-state index in [1.807, 2.05) is 0 Å². The van der Waals surface area contributed by atoms with Crippen molar-refractivity contribution in [2.24, 2.45) is 22.7 Å². The Kier molecular flexibility index (Phi) is 3.76. The minimum absolute atomic E-state index is 0.00857. The molecule has 3 aliphatic rings. The smallest absolute Gasteiger partial charge is 0.259 e. The van der Waals surface area contributed by atoms with E-state index in [4.69, 9.17) is 5.11 Å². The van der Waals surface area contributed by atoms with Crippen LogP contribution in [-0.2, 0) is 4.79 Å². The van der Waals surface area contributed by atoms with Crippen LogP contribution in [0.3, 0.4) is 0 Å². The van der Waals surface area contributed by atoms with E-state index in [0.717, 1.165) is 35.6 Å².